The van der Waals surface area contributed by atoms with Crippen molar-refractivity contribution < 1.29 is 4.21 Å². The number of hydrogen-bond donors (Lipinski definition) is 2. The molecule has 2 heterocycles. The van der Waals surface area contributed by atoms with Crippen LogP contribution in [0.3, 0.4) is 0 Å². The van der Waals surface area contributed by atoms with Crippen molar-refractivity contribution in [1.82, 2.24) is 9.78 Å². The van der Waals surface area contributed by atoms with Gasteiger partial charge in [0.15, 0.2) is 0 Å². The van der Waals surface area contributed by atoms with Crippen molar-refractivity contribution in [3.63, 3.8) is 0 Å². The third-order valence-electron chi connectivity index (χ3n) is 3.35. The minimum absolute atomic E-state index is 0.279. The molecule has 1 aromatic heterocycles. The third kappa shape index (κ3) is 2.68. The van der Waals surface area contributed by atoms with E-state index in [0.717, 1.165) is 41.5 Å². The highest BCUT2D eigenvalue weighted by Crippen LogP contribution is 2.27. The fourth-order valence-electron chi connectivity index (χ4n) is 2.21. The van der Waals surface area contributed by atoms with Crippen LogP contribution in [0.1, 0.15) is 38.4 Å². The van der Waals surface area contributed by atoms with Gasteiger partial charge in [-0.1, -0.05) is 0 Å². The molecule has 1 fully saturated rings. The van der Waals surface area contributed by atoms with Gasteiger partial charge >= 0.3 is 0 Å². The molecular formula is C12H22N4OS. The lowest BCUT2D eigenvalue weighted by Crippen LogP contribution is -2.30. The lowest BCUT2D eigenvalue weighted by molar-refractivity contribution is 0.526. The summed E-state index contributed by atoms with van der Waals surface area (Å²) in [6, 6.07) is 0.639. The summed E-state index contributed by atoms with van der Waals surface area (Å²) in [4.78, 5) is 0. The molecule has 3 N–H and O–H groups in total. The van der Waals surface area contributed by atoms with E-state index in [0.29, 0.717) is 6.04 Å². The largest absolute Gasteiger partial charge is 0.394 e. The topological polar surface area (TPSA) is 72.9 Å². The number of aromatic nitrogens is 2. The molecule has 1 aliphatic heterocycles. The molecule has 2 rings (SSSR count). The van der Waals surface area contributed by atoms with Crippen molar-refractivity contribution in [2.24, 2.45) is 0 Å². The van der Waals surface area contributed by atoms with Gasteiger partial charge in [0.1, 0.15) is 5.82 Å². The van der Waals surface area contributed by atoms with Crippen molar-refractivity contribution in [3.05, 3.63) is 5.69 Å². The maximum absolute atomic E-state index is 11.3. The molecule has 0 saturated carbocycles. The number of hydrogen-bond acceptors (Lipinski definition) is 4. The molecule has 0 atom stereocenters. The van der Waals surface area contributed by atoms with Gasteiger partial charge in [-0.25, -0.2) is 4.68 Å². The van der Waals surface area contributed by atoms with Crippen LogP contribution in [0.15, 0.2) is 0 Å². The third-order valence-corrected chi connectivity index (χ3v) is 4.73. The van der Waals surface area contributed by atoms with Crippen LogP contribution in [0, 0.1) is 6.92 Å². The number of nitrogen functional groups attached to an aromatic ring is 1. The van der Waals surface area contributed by atoms with E-state index in [-0.39, 0.29) is 6.04 Å². The second-order valence-electron chi connectivity index (χ2n) is 5.15. The lowest BCUT2D eigenvalue weighted by atomic mass is 10.1. The summed E-state index contributed by atoms with van der Waals surface area (Å²) >= 11 is 0. The van der Waals surface area contributed by atoms with Crippen molar-refractivity contribution >= 4 is 22.3 Å². The van der Waals surface area contributed by atoms with E-state index in [1.54, 1.807) is 0 Å². The van der Waals surface area contributed by atoms with Crippen molar-refractivity contribution in [3.8, 4) is 0 Å². The van der Waals surface area contributed by atoms with Gasteiger partial charge in [0, 0.05) is 34.4 Å². The highest BCUT2D eigenvalue weighted by molar-refractivity contribution is 7.85. The van der Waals surface area contributed by atoms with Crippen molar-refractivity contribution in [1.29, 1.82) is 0 Å². The van der Waals surface area contributed by atoms with Crippen LogP contribution in [-0.2, 0) is 10.8 Å². The Bertz CT molecular complexity index is 445. The fraction of sp³-hybridized carbons (Fsp3) is 0.750. The summed E-state index contributed by atoms with van der Waals surface area (Å²) in [5.74, 6) is 2.49. The highest BCUT2D eigenvalue weighted by Gasteiger charge is 2.22. The number of anilines is 2. The Morgan fingerprint density at radius 3 is 2.61 bits per heavy atom. The first-order chi connectivity index (χ1) is 8.49. The zero-order valence-electron chi connectivity index (χ0n) is 11.3. The minimum atomic E-state index is -0.627. The Hall–Kier alpha value is -1.04. The Morgan fingerprint density at radius 1 is 1.44 bits per heavy atom. The number of nitrogens with one attached hydrogen (secondary N) is 1. The number of rotatable bonds is 3. The molecule has 6 heteroatoms. The van der Waals surface area contributed by atoms with Gasteiger partial charge in [0.05, 0.1) is 11.4 Å². The average molecular weight is 270 g/mol. The zero-order chi connectivity index (χ0) is 13.3. The molecule has 1 aromatic rings. The van der Waals surface area contributed by atoms with Gasteiger partial charge in [-0.15, -0.1) is 0 Å². The fourth-order valence-corrected chi connectivity index (χ4v) is 3.51. The summed E-state index contributed by atoms with van der Waals surface area (Å²) in [6.07, 6.45) is 1.88. The molecular weight excluding hydrogens is 248 g/mol. The summed E-state index contributed by atoms with van der Waals surface area (Å²) in [5.41, 5.74) is 7.68. The quantitative estimate of drug-likeness (QED) is 0.876. The monoisotopic (exact) mass is 270 g/mol. The zero-order valence-corrected chi connectivity index (χ0v) is 12.1. The maximum atomic E-state index is 11.3. The molecule has 18 heavy (non-hydrogen) atoms. The molecule has 0 aliphatic carbocycles. The summed E-state index contributed by atoms with van der Waals surface area (Å²) in [6.45, 7) is 6.11. The second kappa shape index (κ2) is 5.30. The molecule has 102 valence electrons. The van der Waals surface area contributed by atoms with E-state index in [4.69, 9.17) is 5.73 Å². The van der Waals surface area contributed by atoms with Crippen LogP contribution >= 0.6 is 0 Å². The van der Waals surface area contributed by atoms with Crippen LogP contribution in [-0.4, -0.2) is 31.5 Å². The van der Waals surface area contributed by atoms with Crippen molar-refractivity contribution in [2.75, 3.05) is 22.6 Å². The van der Waals surface area contributed by atoms with Crippen molar-refractivity contribution in [2.45, 2.75) is 45.7 Å². The lowest BCUT2D eigenvalue weighted by Gasteiger charge is -2.25. The molecule has 0 radical (unpaired) electrons. The van der Waals surface area contributed by atoms with E-state index >= 15 is 0 Å². The van der Waals surface area contributed by atoms with Gasteiger partial charge in [-0.05, 0) is 33.6 Å². The van der Waals surface area contributed by atoms with Gasteiger partial charge in [-0.3, -0.25) is 4.21 Å². The Kier molecular flexibility index (Phi) is 3.94. The first-order valence-electron chi connectivity index (χ1n) is 6.45. The Balaban J connectivity index is 2.15. The van der Waals surface area contributed by atoms with Gasteiger partial charge in [0.25, 0.3) is 0 Å². The predicted molar refractivity (Wildman–Crippen MR) is 76.3 cm³/mol. The van der Waals surface area contributed by atoms with E-state index in [1.165, 1.54) is 0 Å². The van der Waals surface area contributed by atoms with Crippen LogP contribution in [0.2, 0.25) is 0 Å². The van der Waals surface area contributed by atoms with Gasteiger partial charge in [0.2, 0.25) is 0 Å². The van der Waals surface area contributed by atoms with Crippen LogP contribution in [0.25, 0.3) is 0 Å². The minimum Gasteiger partial charge on any atom is -0.394 e. The highest BCUT2D eigenvalue weighted by atomic mass is 32.2. The summed E-state index contributed by atoms with van der Waals surface area (Å²) in [7, 11) is -0.627. The first-order valence-corrected chi connectivity index (χ1v) is 7.94. The maximum Gasteiger partial charge on any atom is 0.148 e. The molecule has 1 aliphatic rings. The van der Waals surface area contributed by atoms with Gasteiger partial charge in [-0.2, -0.15) is 5.10 Å². The molecule has 0 spiro atoms. The SMILES string of the molecule is Cc1nn(C(C)C)c(NC2CCS(=O)CC2)c1N. The number of nitrogens with two attached hydrogens (primary N) is 1. The average Bonchev–Trinajstić information content (AvgIpc) is 2.60. The molecule has 1 saturated heterocycles. The normalized spacial score (nSPS) is 24.4. The van der Waals surface area contributed by atoms with Crippen LogP contribution in [0.5, 0.6) is 0 Å². The smallest absolute Gasteiger partial charge is 0.148 e. The predicted octanol–water partition coefficient (Wildman–Crippen LogP) is 1.68. The van der Waals surface area contributed by atoms with E-state index in [9.17, 15) is 4.21 Å². The molecule has 0 unspecified atom stereocenters. The molecule has 0 amide bonds. The van der Waals surface area contributed by atoms with Crippen LogP contribution in [0.4, 0.5) is 11.5 Å². The number of nitrogens with zero attached hydrogens (tertiary/aromatic N) is 2. The molecule has 5 nitrogen and oxygen atoms in total. The first kappa shape index (κ1) is 13.4. The summed E-state index contributed by atoms with van der Waals surface area (Å²) < 4.78 is 13.3. The number of aryl methyl sites for hydroxylation is 1. The Labute approximate surface area is 111 Å². The molecule has 0 bridgehead atoms. The van der Waals surface area contributed by atoms with Crippen LogP contribution < -0.4 is 11.1 Å². The standard InChI is InChI=1S/C12H22N4OS/c1-8(2)16-12(11(13)9(3)15-16)14-10-4-6-18(17)7-5-10/h8,10,14H,4-7,13H2,1-3H3. The Morgan fingerprint density at radius 2 is 2.06 bits per heavy atom. The van der Waals surface area contributed by atoms with Gasteiger partial charge < -0.3 is 11.1 Å². The van der Waals surface area contributed by atoms with E-state index in [1.807, 2.05) is 11.6 Å². The van der Waals surface area contributed by atoms with E-state index in [2.05, 4.69) is 24.3 Å². The van der Waals surface area contributed by atoms with E-state index < -0.39 is 10.8 Å². The second-order valence-corrected chi connectivity index (χ2v) is 6.85. The summed E-state index contributed by atoms with van der Waals surface area (Å²) in [5, 5.41) is 7.94. The molecule has 0 aromatic carbocycles.